The number of piperidine rings is 2. The Morgan fingerprint density at radius 1 is 0.921 bits per heavy atom. The number of nitrogens with one attached hydrogen (secondary N) is 3. The number of aromatic nitrogens is 2. The Morgan fingerprint density at radius 2 is 1.71 bits per heavy atom. The maximum Gasteiger partial charge on any atom is 0.255 e. The van der Waals surface area contributed by atoms with Gasteiger partial charge in [-0.25, -0.2) is 9.97 Å². The van der Waals surface area contributed by atoms with Crippen molar-refractivity contribution in [2.75, 3.05) is 46.2 Å². The number of hydrogen-bond acceptors (Lipinski definition) is 11. The molecule has 8 rings (SSSR count). The quantitative estimate of drug-likeness (QED) is 0.0579. The maximum atomic E-state index is 13.4. The molecular formula is C50H61N7O5S. The van der Waals surface area contributed by atoms with Crippen LogP contribution < -0.4 is 25.4 Å². The molecule has 2 unspecified atom stereocenters. The smallest absolute Gasteiger partial charge is 0.255 e. The second kappa shape index (κ2) is 20.0. The molecular weight excluding hydrogens is 811 g/mol. The molecule has 2 fully saturated rings. The van der Waals surface area contributed by atoms with Crippen LogP contribution in [-0.4, -0.2) is 84.4 Å². The summed E-state index contributed by atoms with van der Waals surface area (Å²) in [6.07, 6.45) is 9.28. The van der Waals surface area contributed by atoms with E-state index in [0.717, 1.165) is 91.9 Å². The summed E-state index contributed by atoms with van der Waals surface area (Å²) in [6.45, 7) is 8.59. The zero-order chi connectivity index (χ0) is 44.0. The second-order valence-electron chi connectivity index (χ2n) is 17.3. The summed E-state index contributed by atoms with van der Waals surface area (Å²) in [6, 6.07) is 18.6. The minimum absolute atomic E-state index is 0.0268. The number of fused-ring (bicyclic) bond motifs is 2. The molecule has 2 atom stereocenters. The number of imide groups is 1. The van der Waals surface area contributed by atoms with E-state index >= 15 is 0 Å². The number of anilines is 1. The van der Waals surface area contributed by atoms with E-state index in [1.54, 1.807) is 30.5 Å². The molecule has 3 aliphatic rings. The summed E-state index contributed by atoms with van der Waals surface area (Å²) in [4.78, 5) is 52.9. The SMILES string of the molecule is CNCc1ccccc1-c1csc(C(C)Nc2nc(C)nc3c(CCCCCCCN4CCC(c5ccc6c(c5)C(=O)N(C5CCC(=O)NC5=O)C6)CC4)c(OC)c(OC)cc23)c1. The van der Waals surface area contributed by atoms with Crippen LogP contribution in [0.3, 0.4) is 0 Å². The highest BCUT2D eigenvalue weighted by molar-refractivity contribution is 7.10. The number of nitrogens with zero attached hydrogens (tertiary/aromatic N) is 4. The fourth-order valence-electron chi connectivity index (χ4n) is 9.75. The van der Waals surface area contributed by atoms with Gasteiger partial charge in [-0.05, 0) is 136 Å². The van der Waals surface area contributed by atoms with E-state index in [1.165, 1.54) is 46.4 Å². The van der Waals surface area contributed by atoms with Gasteiger partial charge in [0.15, 0.2) is 11.5 Å². The van der Waals surface area contributed by atoms with E-state index in [-0.39, 0.29) is 30.2 Å². The second-order valence-corrected chi connectivity index (χ2v) is 18.3. The minimum Gasteiger partial charge on any atom is -0.493 e. The number of benzene rings is 3. The first-order chi connectivity index (χ1) is 30.6. The molecule has 63 heavy (non-hydrogen) atoms. The van der Waals surface area contributed by atoms with Crippen LogP contribution in [0.15, 0.2) is 60.0 Å². The molecule has 5 aromatic rings. The van der Waals surface area contributed by atoms with Gasteiger partial charge in [0.1, 0.15) is 17.7 Å². The van der Waals surface area contributed by atoms with E-state index < -0.39 is 6.04 Å². The number of unbranched alkanes of at least 4 members (excludes halogenated alkanes) is 4. The Kier molecular flexibility index (Phi) is 14.0. The van der Waals surface area contributed by atoms with E-state index in [0.29, 0.717) is 36.0 Å². The van der Waals surface area contributed by atoms with Crippen molar-refractivity contribution in [1.29, 1.82) is 0 Å². The molecule has 0 bridgehead atoms. The molecule has 0 aliphatic carbocycles. The fraction of sp³-hybridized carbons (Fsp3) is 0.460. The number of hydrogen-bond donors (Lipinski definition) is 3. The van der Waals surface area contributed by atoms with Crippen LogP contribution in [0.4, 0.5) is 5.82 Å². The highest BCUT2D eigenvalue weighted by atomic mass is 32.1. The van der Waals surface area contributed by atoms with E-state index in [2.05, 4.69) is 81.7 Å². The van der Waals surface area contributed by atoms with Crippen molar-refractivity contribution in [3.05, 3.63) is 98.5 Å². The van der Waals surface area contributed by atoms with Gasteiger partial charge in [-0.1, -0.05) is 55.7 Å². The van der Waals surface area contributed by atoms with Gasteiger partial charge in [0.05, 0.1) is 25.8 Å². The molecule has 13 heteroatoms. The number of thiophene rings is 1. The highest BCUT2D eigenvalue weighted by Gasteiger charge is 2.39. The van der Waals surface area contributed by atoms with Gasteiger partial charge in [0.2, 0.25) is 11.8 Å². The lowest BCUT2D eigenvalue weighted by Crippen LogP contribution is -2.52. The zero-order valence-corrected chi connectivity index (χ0v) is 38.2. The number of aryl methyl sites for hydroxylation is 2. The van der Waals surface area contributed by atoms with Crippen LogP contribution in [0, 0.1) is 6.92 Å². The van der Waals surface area contributed by atoms with Gasteiger partial charge in [0.25, 0.3) is 5.91 Å². The summed E-state index contributed by atoms with van der Waals surface area (Å²) in [5.41, 5.74) is 8.61. The molecule has 2 aromatic heterocycles. The first kappa shape index (κ1) is 44.2. The highest BCUT2D eigenvalue weighted by Crippen LogP contribution is 2.41. The third-order valence-electron chi connectivity index (χ3n) is 13.1. The number of carbonyl (C=O) groups is 3. The summed E-state index contributed by atoms with van der Waals surface area (Å²) in [5, 5.41) is 12.6. The lowest BCUT2D eigenvalue weighted by Gasteiger charge is -2.32. The standard InChI is InChI=1S/C50H61N7O5S/c1-31(44-26-37(30-63-44)38-14-11-10-13-35(38)28-51-3)52-48-41-27-43(61-4)47(62-5)39(46(41)53-32(2)54-48)15-9-7-6-8-12-22-56-23-20-33(21-24-56)34-16-17-36-29-57(50(60)40(36)25-34)42-18-19-45(58)55-49(42)59/h10-11,13-14,16-17,25-27,30-31,33,42,51H,6-9,12,15,18-24,28-29H2,1-5H3,(H,52,53,54)(H,55,58,59). The van der Waals surface area contributed by atoms with Crippen LogP contribution >= 0.6 is 11.3 Å². The Labute approximate surface area is 375 Å². The maximum absolute atomic E-state index is 13.4. The largest absolute Gasteiger partial charge is 0.493 e. The van der Waals surface area contributed by atoms with E-state index in [4.69, 9.17) is 19.4 Å². The average Bonchev–Trinajstić information content (AvgIpc) is 3.91. The van der Waals surface area contributed by atoms with Crippen LogP contribution in [-0.2, 0) is 29.1 Å². The first-order valence-corrected chi connectivity index (χ1v) is 23.5. The molecule has 0 saturated carbocycles. The van der Waals surface area contributed by atoms with Gasteiger partial charge < -0.3 is 29.9 Å². The van der Waals surface area contributed by atoms with Crippen LogP contribution in [0.25, 0.3) is 22.0 Å². The van der Waals surface area contributed by atoms with Crippen molar-refractivity contribution in [2.45, 2.75) is 109 Å². The normalized spacial score (nSPS) is 17.6. The Balaban J connectivity index is 0.823. The molecule has 3 aliphatic heterocycles. The summed E-state index contributed by atoms with van der Waals surface area (Å²) in [5.74, 6) is 2.62. The van der Waals surface area contributed by atoms with Crippen molar-refractivity contribution >= 4 is 45.8 Å². The Morgan fingerprint density at radius 3 is 2.49 bits per heavy atom. The summed E-state index contributed by atoms with van der Waals surface area (Å²) < 4.78 is 11.9. The zero-order valence-electron chi connectivity index (χ0n) is 37.4. The van der Waals surface area contributed by atoms with Gasteiger partial charge in [-0.2, -0.15) is 0 Å². The Bertz CT molecular complexity index is 2460. The van der Waals surface area contributed by atoms with Crippen LogP contribution in [0.2, 0.25) is 0 Å². The van der Waals surface area contributed by atoms with E-state index in [1.807, 2.05) is 20.0 Å². The molecule has 0 radical (unpaired) electrons. The van der Waals surface area contributed by atoms with E-state index in [9.17, 15) is 14.4 Å². The summed E-state index contributed by atoms with van der Waals surface area (Å²) >= 11 is 1.76. The lowest BCUT2D eigenvalue weighted by atomic mass is 9.88. The van der Waals surface area contributed by atoms with Crippen LogP contribution in [0.5, 0.6) is 11.5 Å². The van der Waals surface area contributed by atoms with Gasteiger partial charge >= 0.3 is 0 Å². The van der Waals surface area contributed by atoms with Crippen molar-refractivity contribution < 1.29 is 23.9 Å². The molecule has 3 amide bonds. The third kappa shape index (κ3) is 9.75. The topological polar surface area (TPSA) is 138 Å². The summed E-state index contributed by atoms with van der Waals surface area (Å²) in [7, 11) is 5.38. The van der Waals surface area contributed by atoms with Gasteiger partial charge in [-0.3, -0.25) is 19.7 Å². The predicted molar refractivity (Wildman–Crippen MR) is 250 cm³/mol. The molecule has 0 spiro atoms. The van der Waals surface area contributed by atoms with Crippen molar-refractivity contribution in [2.24, 2.45) is 0 Å². The molecule has 2 saturated heterocycles. The Hall–Kier alpha value is -5.37. The number of rotatable bonds is 18. The van der Waals surface area contributed by atoms with Crippen molar-refractivity contribution in [3.63, 3.8) is 0 Å². The molecule has 3 aromatic carbocycles. The molecule has 5 heterocycles. The molecule has 3 N–H and O–H groups in total. The first-order valence-electron chi connectivity index (χ1n) is 22.7. The number of ether oxygens (including phenoxy) is 2. The van der Waals surface area contributed by atoms with Crippen LogP contribution in [0.1, 0.15) is 120 Å². The van der Waals surface area contributed by atoms with Gasteiger partial charge in [-0.15, -0.1) is 11.3 Å². The monoisotopic (exact) mass is 871 g/mol. The number of methoxy groups -OCH3 is 2. The number of amides is 3. The average molecular weight is 872 g/mol. The van der Waals surface area contributed by atoms with Crippen molar-refractivity contribution in [3.8, 4) is 22.6 Å². The number of carbonyl (C=O) groups excluding carboxylic acids is 3. The van der Waals surface area contributed by atoms with Crippen molar-refractivity contribution in [1.82, 2.24) is 30.4 Å². The molecule has 12 nitrogen and oxygen atoms in total. The lowest BCUT2D eigenvalue weighted by molar-refractivity contribution is -0.136. The molecule has 332 valence electrons. The third-order valence-corrected chi connectivity index (χ3v) is 14.3. The van der Waals surface area contributed by atoms with Gasteiger partial charge in [0, 0.05) is 40.9 Å². The minimum atomic E-state index is -0.582. The number of likely N-dealkylation sites (tertiary alicyclic amines) is 1. The fourth-order valence-corrected chi connectivity index (χ4v) is 10.7. The predicted octanol–water partition coefficient (Wildman–Crippen LogP) is 8.71.